The van der Waals surface area contributed by atoms with Gasteiger partial charge in [-0.15, -0.1) is 0 Å². The first-order valence-corrected chi connectivity index (χ1v) is 8.47. The summed E-state index contributed by atoms with van der Waals surface area (Å²) >= 11 is 0. The fraction of sp³-hybridized carbons (Fsp3) is 0.400. The zero-order valence-electron chi connectivity index (χ0n) is 15.1. The van der Waals surface area contributed by atoms with Gasteiger partial charge >= 0.3 is 0 Å². The Morgan fingerprint density at radius 2 is 1.76 bits per heavy atom. The van der Waals surface area contributed by atoms with Crippen LogP contribution in [0.15, 0.2) is 30.5 Å². The summed E-state index contributed by atoms with van der Waals surface area (Å²) in [5, 5.41) is 11.1. The Balaban J connectivity index is 2.45. The van der Waals surface area contributed by atoms with E-state index in [9.17, 15) is 10.1 Å². The Morgan fingerprint density at radius 1 is 1.08 bits per heavy atom. The van der Waals surface area contributed by atoms with Gasteiger partial charge in [-0.25, -0.2) is 4.98 Å². The highest BCUT2D eigenvalue weighted by atomic mass is 16.6. The van der Waals surface area contributed by atoms with Gasteiger partial charge in [0.25, 0.3) is 5.69 Å². The standard InChI is InChI=1S/C20H23N3O2/c1-14(2)11-17-13-21-19(12-15(3)4)18(22-17)10-9-16-7-5-6-8-20(16)23(24)25/h5-8,13-15H,11-12H2,1-4H3. The molecule has 0 aliphatic rings. The second kappa shape index (κ2) is 8.39. The molecule has 0 aliphatic carbocycles. The number of hydrogen-bond acceptors (Lipinski definition) is 4. The molecule has 0 fully saturated rings. The molecule has 130 valence electrons. The molecular weight excluding hydrogens is 314 g/mol. The number of rotatable bonds is 5. The molecule has 25 heavy (non-hydrogen) atoms. The highest BCUT2D eigenvalue weighted by molar-refractivity contribution is 5.53. The molecule has 2 rings (SSSR count). The van der Waals surface area contributed by atoms with Crippen molar-refractivity contribution in [2.45, 2.75) is 40.5 Å². The fourth-order valence-electron chi connectivity index (χ4n) is 2.47. The molecule has 1 heterocycles. The Labute approximate surface area is 148 Å². The van der Waals surface area contributed by atoms with Crippen LogP contribution in [0.5, 0.6) is 0 Å². The number of nitrogens with zero attached hydrogens (tertiary/aromatic N) is 3. The average Bonchev–Trinajstić information content (AvgIpc) is 2.54. The molecule has 5 nitrogen and oxygen atoms in total. The fourth-order valence-corrected chi connectivity index (χ4v) is 2.47. The highest BCUT2D eigenvalue weighted by Gasteiger charge is 2.12. The van der Waals surface area contributed by atoms with E-state index in [0.29, 0.717) is 23.1 Å². The van der Waals surface area contributed by atoms with E-state index in [4.69, 9.17) is 0 Å². The number of para-hydroxylation sites is 1. The zero-order valence-corrected chi connectivity index (χ0v) is 15.1. The predicted octanol–water partition coefficient (Wildman–Crippen LogP) is 4.18. The minimum Gasteiger partial charge on any atom is -0.258 e. The zero-order chi connectivity index (χ0) is 18.4. The predicted molar refractivity (Wildman–Crippen MR) is 98.2 cm³/mol. The van der Waals surface area contributed by atoms with Crippen LogP contribution < -0.4 is 0 Å². The normalized spacial score (nSPS) is 10.6. The number of nitro benzene ring substituents is 1. The molecule has 0 bridgehead atoms. The van der Waals surface area contributed by atoms with E-state index in [1.807, 2.05) is 6.20 Å². The van der Waals surface area contributed by atoms with E-state index in [0.717, 1.165) is 24.2 Å². The quantitative estimate of drug-likeness (QED) is 0.466. The third-order valence-corrected chi connectivity index (χ3v) is 3.53. The first-order valence-electron chi connectivity index (χ1n) is 8.47. The molecule has 0 spiro atoms. The molecule has 0 atom stereocenters. The van der Waals surface area contributed by atoms with Gasteiger partial charge in [0.05, 0.1) is 16.3 Å². The van der Waals surface area contributed by atoms with Crippen molar-refractivity contribution in [3.63, 3.8) is 0 Å². The third kappa shape index (κ3) is 5.39. The van der Waals surface area contributed by atoms with Crippen LogP contribution in [0.4, 0.5) is 5.69 Å². The first-order chi connectivity index (χ1) is 11.9. The number of nitro groups is 1. The average molecular weight is 337 g/mol. The van der Waals surface area contributed by atoms with Crippen LogP contribution in [-0.2, 0) is 12.8 Å². The smallest absolute Gasteiger partial charge is 0.258 e. The molecule has 0 saturated carbocycles. The maximum Gasteiger partial charge on any atom is 0.284 e. The van der Waals surface area contributed by atoms with Crippen LogP contribution >= 0.6 is 0 Å². The van der Waals surface area contributed by atoms with Crippen molar-refractivity contribution in [1.29, 1.82) is 0 Å². The van der Waals surface area contributed by atoms with E-state index in [1.54, 1.807) is 18.2 Å². The largest absolute Gasteiger partial charge is 0.284 e. The lowest BCUT2D eigenvalue weighted by atomic mass is 10.0. The van der Waals surface area contributed by atoms with Crippen LogP contribution in [-0.4, -0.2) is 14.9 Å². The lowest BCUT2D eigenvalue weighted by molar-refractivity contribution is -0.385. The van der Waals surface area contributed by atoms with Gasteiger partial charge in [0.15, 0.2) is 0 Å². The molecule has 5 heteroatoms. The Hall–Kier alpha value is -2.74. The van der Waals surface area contributed by atoms with E-state index in [2.05, 4.69) is 49.5 Å². The van der Waals surface area contributed by atoms with Gasteiger partial charge in [-0.05, 0) is 36.7 Å². The van der Waals surface area contributed by atoms with Gasteiger partial charge in [0.1, 0.15) is 11.3 Å². The topological polar surface area (TPSA) is 68.9 Å². The van der Waals surface area contributed by atoms with E-state index >= 15 is 0 Å². The molecule has 1 aromatic carbocycles. The van der Waals surface area contributed by atoms with Gasteiger partial charge in [-0.2, -0.15) is 0 Å². The van der Waals surface area contributed by atoms with Gasteiger partial charge in [0, 0.05) is 12.3 Å². The molecule has 0 saturated heterocycles. The third-order valence-electron chi connectivity index (χ3n) is 3.53. The lowest BCUT2D eigenvalue weighted by Crippen LogP contribution is -2.07. The number of aromatic nitrogens is 2. The lowest BCUT2D eigenvalue weighted by Gasteiger charge is -2.09. The second-order valence-electron chi connectivity index (χ2n) is 6.88. The van der Waals surface area contributed by atoms with Crippen molar-refractivity contribution in [3.05, 3.63) is 63.2 Å². The summed E-state index contributed by atoms with van der Waals surface area (Å²) in [6, 6.07) is 6.49. The van der Waals surface area contributed by atoms with Gasteiger partial charge < -0.3 is 0 Å². The maximum atomic E-state index is 11.1. The van der Waals surface area contributed by atoms with Crippen molar-refractivity contribution in [2.75, 3.05) is 0 Å². The SMILES string of the molecule is CC(C)Cc1cnc(CC(C)C)c(C#Cc2ccccc2[N+](=O)[O-])n1. The number of hydrogen-bond donors (Lipinski definition) is 0. The van der Waals surface area contributed by atoms with Crippen LogP contribution in [0, 0.1) is 33.8 Å². The Kier molecular flexibility index (Phi) is 6.24. The van der Waals surface area contributed by atoms with E-state index < -0.39 is 4.92 Å². The first kappa shape index (κ1) is 18.6. The highest BCUT2D eigenvalue weighted by Crippen LogP contribution is 2.17. The molecule has 2 aromatic rings. The molecule has 0 aliphatic heterocycles. The van der Waals surface area contributed by atoms with Crippen LogP contribution in [0.3, 0.4) is 0 Å². The molecule has 0 unspecified atom stereocenters. The minimum atomic E-state index is -0.417. The van der Waals surface area contributed by atoms with Crippen molar-refractivity contribution in [3.8, 4) is 11.8 Å². The van der Waals surface area contributed by atoms with Crippen molar-refractivity contribution < 1.29 is 4.92 Å². The van der Waals surface area contributed by atoms with E-state index in [-0.39, 0.29) is 5.69 Å². The van der Waals surface area contributed by atoms with Gasteiger partial charge in [-0.1, -0.05) is 45.7 Å². The molecule has 0 N–H and O–H groups in total. The summed E-state index contributed by atoms with van der Waals surface area (Å²) in [7, 11) is 0. The summed E-state index contributed by atoms with van der Waals surface area (Å²) in [6.45, 7) is 8.48. The van der Waals surface area contributed by atoms with Crippen molar-refractivity contribution in [2.24, 2.45) is 11.8 Å². The molecule has 1 aromatic heterocycles. The Morgan fingerprint density at radius 3 is 2.40 bits per heavy atom. The van der Waals surface area contributed by atoms with Gasteiger partial charge in [-0.3, -0.25) is 15.1 Å². The molecule has 0 radical (unpaired) electrons. The summed E-state index contributed by atoms with van der Waals surface area (Å²) in [5.41, 5.74) is 2.75. The molecular formula is C20H23N3O2. The van der Waals surface area contributed by atoms with Crippen molar-refractivity contribution in [1.82, 2.24) is 9.97 Å². The summed E-state index contributed by atoms with van der Waals surface area (Å²) in [5.74, 6) is 6.83. The van der Waals surface area contributed by atoms with Crippen molar-refractivity contribution >= 4 is 5.69 Å². The van der Waals surface area contributed by atoms with Gasteiger partial charge in [0.2, 0.25) is 0 Å². The monoisotopic (exact) mass is 337 g/mol. The minimum absolute atomic E-state index is 0.00621. The summed E-state index contributed by atoms with van der Waals surface area (Å²) < 4.78 is 0. The molecule has 0 amide bonds. The van der Waals surface area contributed by atoms with Crippen LogP contribution in [0.1, 0.15) is 50.3 Å². The van der Waals surface area contributed by atoms with E-state index in [1.165, 1.54) is 6.07 Å². The summed E-state index contributed by atoms with van der Waals surface area (Å²) in [4.78, 5) is 19.9. The Bertz CT molecular complexity index is 817. The van der Waals surface area contributed by atoms with Crippen LogP contribution in [0.25, 0.3) is 0 Å². The maximum absolute atomic E-state index is 11.1. The van der Waals surface area contributed by atoms with Crippen LogP contribution in [0.2, 0.25) is 0 Å². The number of benzene rings is 1. The summed E-state index contributed by atoms with van der Waals surface area (Å²) in [6.07, 6.45) is 3.42. The second-order valence-corrected chi connectivity index (χ2v) is 6.88.